The molecule has 0 aliphatic heterocycles. The first-order valence-electron chi connectivity index (χ1n) is 10.3. The zero-order valence-electron chi connectivity index (χ0n) is 16.5. The molecule has 0 spiro atoms. The molecule has 1 unspecified atom stereocenters. The van der Waals surface area contributed by atoms with Crippen LogP contribution in [0.3, 0.4) is 0 Å². The maximum Gasteiger partial charge on any atom is 0.328 e. The summed E-state index contributed by atoms with van der Waals surface area (Å²) in [4.78, 5) is 24.0. The van der Waals surface area contributed by atoms with Gasteiger partial charge in [0.2, 0.25) is 5.91 Å². The lowest BCUT2D eigenvalue weighted by Crippen LogP contribution is -2.41. The van der Waals surface area contributed by atoms with E-state index in [-0.39, 0.29) is 11.9 Å². The van der Waals surface area contributed by atoms with Gasteiger partial charge in [-0.1, -0.05) is 58.3 Å². The topological polar surface area (TPSA) is 81.4 Å². The number of amides is 1. The highest BCUT2D eigenvalue weighted by atomic mass is 16.5. The van der Waals surface area contributed by atoms with E-state index < -0.39 is 6.04 Å². The van der Waals surface area contributed by atoms with Crippen LogP contribution < -0.4 is 11.1 Å². The lowest BCUT2D eigenvalue weighted by Gasteiger charge is -2.17. The number of nitrogens with two attached hydrogens (primary N) is 1. The molecule has 0 aromatic carbocycles. The van der Waals surface area contributed by atoms with Crippen LogP contribution >= 0.6 is 0 Å². The number of esters is 1. The fraction of sp³-hybridized carbons (Fsp3) is 0.900. The zero-order valence-corrected chi connectivity index (χ0v) is 16.5. The number of nitrogens with one attached hydrogen (secondary N) is 1. The van der Waals surface area contributed by atoms with Gasteiger partial charge in [0.25, 0.3) is 0 Å². The minimum Gasteiger partial charge on any atom is -0.464 e. The summed E-state index contributed by atoms with van der Waals surface area (Å²) in [6, 6.07) is -0.530. The fourth-order valence-corrected chi connectivity index (χ4v) is 2.85. The van der Waals surface area contributed by atoms with Crippen LogP contribution in [0, 0.1) is 0 Å². The molecule has 0 rings (SSSR count). The van der Waals surface area contributed by atoms with E-state index in [0.717, 1.165) is 25.7 Å². The van der Waals surface area contributed by atoms with E-state index in [4.69, 9.17) is 10.5 Å². The Labute approximate surface area is 154 Å². The quantitative estimate of drug-likeness (QED) is 0.304. The van der Waals surface area contributed by atoms with Crippen molar-refractivity contribution in [3.63, 3.8) is 0 Å². The molecule has 0 fully saturated rings. The third-order valence-electron chi connectivity index (χ3n) is 4.36. The standard InChI is InChI=1S/C20H40N2O3/c1-3-5-6-7-8-9-10-11-12-16-19(23)22-18(15-13-14-17-21)20(24)25-4-2/h18H,3-17,21H2,1-2H3,(H,22,23). The molecule has 0 saturated carbocycles. The van der Waals surface area contributed by atoms with Crippen molar-refractivity contribution in [1.29, 1.82) is 0 Å². The minimum atomic E-state index is -0.530. The summed E-state index contributed by atoms with van der Waals surface area (Å²) in [7, 11) is 0. The Bertz CT molecular complexity index is 335. The summed E-state index contributed by atoms with van der Waals surface area (Å²) in [5.41, 5.74) is 5.49. The average molecular weight is 357 g/mol. The molecule has 148 valence electrons. The van der Waals surface area contributed by atoms with Gasteiger partial charge >= 0.3 is 5.97 Å². The molecule has 25 heavy (non-hydrogen) atoms. The first kappa shape index (κ1) is 23.9. The van der Waals surface area contributed by atoms with Gasteiger partial charge in [-0.25, -0.2) is 4.79 Å². The Morgan fingerprint density at radius 2 is 1.48 bits per heavy atom. The van der Waals surface area contributed by atoms with E-state index >= 15 is 0 Å². The molecule has 5 nitrogen and oxygen atoms in total. The molecule has 0 aliphatic rings. The number of carbonyl (C=O) groups is 2. The van der Waals surface area contributed by atoms with Crippen molar-refractivity contribution in [2.24, 2.45) is 5.73 Å². The average Bonchev–Trinajstić information content (AvgIpc) is 2.59. The molecule has 0 aliphatic carbocycles. The molecule has 1 amide bonds. The van der Waals surface area contributed by atoms with Gasteiger partial charge in [-0.3, -0.25) is 4.79 Å². The first-order valence-corrected chi connectivity index (χ1v) is 10.3. The maximum absolute atomic E-state index is 12.1. The Balaban J connectivity index is 3.84. The molecule has 0 aromatic heterocycles. The van der Waals surface area contributed by atoms with Crippen LogP contribution in [0.4, 0.5) is 0 Å². The molecule has 0 bridgehead atoms. The Morgan fingerprint density at radius 1 is 0.880 bits per heavy atom. The SMILES string of the molecule is CCCCCCCCCCCC(=O)NC(CCCCN)C(=O)OCC. The third kappa shape index (κ3) is 14.9. The van der Waals surface area contributed by atoms with Crippen LogP contribution in [0.15, 0.2) is 0 Å². The summed E-state index contributed by atoms with van der Waals surface area (Å²) in [6.45, 7) is 4.94. The summed E-state index contributed by atoms with van der Waals surface area (Å²) in [5, 5.41) is 2.83. The van der Waals surface area contributed by atoms with Crippen molar-refractivity contribution < 1.29 is 14.3 Å². The van der Waals surface area contributed by atoms with E-state index in [2.05, 4.69) is 12.2 Å². The second kappa shape index (κ2) is 17.7. The molecule has 1 atom stereocenters. The van der Waals surface area contributed by atoms with Crippen molar-refractivity contribution in [3.8, 4) is 0 Å². The summed E-state index contributed by atoms with van der Waals surface area (Å²) in [5.74, 6) is -0.381. The van der Waals surface area contributed by atoms with Gasteiger partial charge in [0.1, 0.15) is 6.04 Å². The van der Waals surface area contributed by atoms with E-state index in [9.17, 15) is 9.59 Å². The van der Waals surface area contributed by atoms with Crippen LogP contribution in [-0.2, 0) is 14.3 Å². The zero-order chi connectivity index (χ0) is 18.8. The molecule has 0 heterocycles. The van der Waals surface area contributed by atoms with Gasteiger partial charge in [0.05, 0.1) is 6.61 Å². The highest BCUT2D eigenvalue weighted by molar-refractivity contribution is 5.84. The highest BCUT2D eigenvalue weighted by Crippen LogP contribution is 2.11. The molecule has 0 radical (unpaired) electrons. The highest BCUT2D eigenvalue weighted by Gasteiger charge is 2.21. The molecule has 3 N–H and O–H groups in total. The lowest BCUT2D eigenvalue weighted by atomic mass is 10.1. The van der Waals surface area contributed by atoms with Gasteiger partial charge in [-0.05, 0) is 39.2 Å². The van der Waals surface area contributed by atoms with Crippen LogP contribution in [0.5, 0.6) is 0 Å². The molecule has 0 aromatic rings. The Morgan fingerprint density at radius 3 is 2.04 bits per heavy atom. The number of hydrogen-bond donors (Lipinski definition) is 2. The van der Waals surface area contributed by atoms with Crippen molar-refractivity contribution in [2.75, 3.05) is 13.2 Å². The smallest absolute Gasteiger partial charge is 0.328 e. The van der Waals surface area contributed by atoms with Crippen LogP contribution in [0.1, 0.15) is 97.3 Å². The van der Waals surface area contributed by atoms with Gasteiger partial charge in [-0.15, -0.1) is 0 Å². The number of hydrogen-bond acceptors (Lipinski definition) is 4. The van der Waals surface area contributed by atoms with Crippen molar-refractivity contribution >= 4 is 11.9 Å². The maximum atomic E-state index is 12.1. The molecular weight excluding hydrogens is 316 g/mol. The van der Waals surface area contributed by atoms with E-state index in [1.165, 1.54) is 44.9 Å². The van der Waals surface area contributed by atoms with Gasteiger partial charge < -0.3 is 15.8 Å². The minimum absolute atomic E-state index is 0.0475. The van der Waals surface area contributed by atoms with Gasteiger partial charge in [0.15, 0.2) is 0 Å². The number of rotatable bonds is 17. The Kier molecular flexibility index (Phi) is 16.9. The van der Waals surface area contributed by atoms with Crippen molar-refractivity contribution in [2.45, 2.75) is 103 Å². The lowest BCUT2D eigenvalue weighted by molar-refractivity contribution is -0.147. The van der Waals surface area contributed by atoms with Gasteiger partial charge in [-0.2, -0.15) is 0 Å². The molecular formula is C20H40N2O3. The number of ether oxygens (including phenoxy) is 1. The van der Waals surface area contributed by atoms with Gasteiger partial charge in [0, 0.05) is 6.42 Å². The molecule has 0 saturated heterocycles. The molecule has 5 heteroatoms. The summed E-state index contributed by atoms with van der Waals surface area (Å²) < 4.78 is 5.05. The fourth-order valence-electron chi connectivity index (χ4n) is 2.85. The summed E-state index contributed by atoms with van der Waals surface area (Å²) >= 11 is 0. The summed E-state index contributed by atoms with van der Waals surface area (Å²) in [6.07, 6.45) is 13.8. The van der Waals surface area contributed by atoms with E-state index in [1.54, 1.807) is 6.92 Å². The largest absolute Gasteiger partial charge is 0.464 e. The van der Waals surface area contributed by atoms with Crippen LogP contribution in [0.25, 0.3) is 0 Å². The number of unbranched alkanes of at least 4 members (excludes halogenated alkanes) is 9. The monoisotopic (exact) mass is 356 g/mol. The van der Waals surface area contributed by atoms with Crippen molar-refractivity contribution in [3.05, 3.63) is 0 Å². The third-order valence-corrected chi connectivity index (χ3v) is 4.36. The van der Waals surface area contributed by atoms with Crippen LogP contribution in [-0.4, -0.2) is 31.1 Å². The van der Waals surface area contributed by atoms with E-state index in [0.29, 0.717) is 26.0 Å². The predicted molar refractivity (Wildman–Crippen MR) is 103 cm³/mol. The van der Waals surface area contributed by atoms with Crippen molar-refractivity contribution in [1.82, 2.24) is 5.32 Å². The normalized spacial score (nSPS) is 12.0. The second-order valence-corrected chi connectivity index (χ2v) is 6.74. The first-order chi connectivity index (χ1) is 12.2. The number of carbonyl (C=O) groups excluding carboxylic acids is 2. The Hall–Kier alpha value is -1.10. The van der Waals surface area contributed by atoms with E-state index in [1.807, 2.05) is 0 Å². The predicted octanol–water partition coefficient (Wildman–Crippen LogP) is 4.08. The van der Waals surface area contributed by atoms with Crippen LogP contribution in [0.2, 0.25) is 0 Å². The second-order valence-electron chi connectivity index (χ2n) is 6.74.